The Balaban J connectivity index is 1.39. The summed E-state index contributed by atoms with van der Waals surface area (Å²) in [6.07, 6.45) is 4.73. The van der Waals surface area contributed by atoms with Crippen molar-refractivity contribution >= 4 is 26.2 Å². The predicted molar refractivity (Wildman–Crippen MR) is 136 cm³/mol. The molecular formula is C28H37NO6Si. The second-order valence-electron chi connectivity index (χ2n) is 10.9. The van der Waals surface area contributed by atoms with Crippen molar-refractivity contribution in [3.8, 4) is 0 Å². The second-order valence-corrected chi connectivity index (χ2v) is 15.6. The minimum absolute atomic E-state index is 0.105. The maximum atomic E-state index is 13.4. The van der Waals surface area contributed by atoms with E-state index in [4.69, 9.17) is 13.9 Å². The van der Waals surface area contributed by atoms with Gasteiger partial charge in [-0.15, -0.1) is 0 Å². The molecule has 1 aliphatic heterocycles. The van der Waals surface area contributed by atoms with Crippen LogP contribution in [0.25, 0.3) is 0 Å². The van der Waals surface area contributed by atoms with Crippen LogP contribution in [0.2, 0.25) is 18.1 Å². The molecule has 0 aromatic heterocycles. The molecule has 7 nitrogen and oxygen atoms in total. The lowest BCUT2D eigenvalue weighted by atomic mass is 9.61. The third-order valence-corrected chi connectivity index (χ3v) is 13.9. The summed E-state index contributed by atoms with van der Waals surface area (Å²) in [4.78, 5) is 39.2. The summed E-state index contributed by atoms with van der Waals surface area (Å²) < 4.78 is 18.6. The van der Waals surface area contributed by atoms with Crippen molar-refractivity contribution in [3.63, 3.8) is 0 Å². The standard InChI is InChI=1S/C28H37NO6Si/c1-4-36(5-2,6-3)35-23-15-22(30)24-19-12-13-20(14-19)25(24)28(23)16-21(26(31)34-28)29-27(32)33-17-18-10-8-7-9-11-18/h7-13,19-21,23-25H,4-6,14-17H2,1-3H3,(H,29,32)/t19-,20+,21+,23+,24+,25+,28-/m1/s1. The fourth-order valence-corrected chi connectivity index (χ4v) is 10.1. The largest absolute Gasteiger partial charge is 0.454 e. The number of alkyl carbamates (subject to hydrolysis) is 1. The molecule has 1 saturated heterocycles. The van der Waals surface area contributed by atoms with Gasteiger partial charge in [0.05, 0.1) is 6.10 Å². The van der Waals surface area contributed by atoms with E-state index in [9.17, 15) is 14.4 Å². The van der Waals surface area contributed by atoms with Crippen LogP contribution in [0.15, 0.2) is 42.5 Å². The first-order valence-electron chi connectivity index (χ1n) is 13.4. The van der Waals surface area contributed by atoms with Gasteiger partial charge in [0.25, 0.3) is 0 Å². The van der Waals surface area contributed by atoms with E-state index in [0.29, 0.717) is 6.42 Å². The maximum absolute atomic E-state index is 13.4. The van der Waals surface area contributed by atoms with Gasteiger partial charge in [-0.3, -0.25) is 4.79 Å². The van der Waals surface area contributed by atoms with Gasteiger partial charge in [0.15, 0.2) is 8.32 Å². The average Bonchev–Trinajstić information content (AvgIpc) is 3.60. The number of benzene rings is 1. The number of rotatable bonds is 8. The van der Waals surface area contributed by atoms with E-state index in [0.717, 1.165) is 30.1 Å². The van der Waals surface area contributed by atoms with Gasteiger partial charge in [0.1, 0.15) is 24.0 Å². The van der Waals surface area contributed by atoms with Crippen molar-refractivity contribution in [2.75, 3.05) is 0 Å². The van der Waals surface area contributed by atoms with Crippen LogP contribution in [0, 0.1) is 23.7 Å². The lowest BCUT2D eigenvalue weighted by Crippen LogP contribution is -2.62. The van der Waals surface area contributed by atoms with Crippen molar-refractivity contribution in [1.82, 2.24) is 5.32 Å². The zero-order valence-electron chi connectivity index (χ0n) is 21.4. The highest BCUT2D eigenvalue weighted by atomic mass is 28.4. The van der Waals surface area contributed by atoms with Gasteiger partial charge in [0.2, 0.25) is 0 Å². The molecule has 1 heterocycles. The number of ether oxygens (including phenoxy) is 2. The van der Waals surface area contributed by atoms with Crippen molar-refractivity contribution in [1.29, 1.82) is 0 Å². The van der Waals surface area contributed by atoms with Crippen LogP contribution in [0.3, 0.4) is 0 Å². The fraction of sp³-hybridized carbons (Fsp3) is 0.607. The van der Waals surface area contributed by atoms with Gasteiger partial charge >= 0.3 is 12.1 Å². The highest BCUT2D eigenvalue weighted by molar-refractivity contribution is 6.73. The number of carbonyl (C=O) groups is 3. The van der Waals surface area contributed by atoms with E-state index in [1.165, 1.54) is 0 Å². The second kappa shape index (κ2) is 9.78. The molecular weight excluding hydrogens is 474 g/mol. The number of Topliss-reactive ketones (excluding diaryl/α,β-unsaturated/α-hetero) is 1. The lowest BCUT2D eigenvalue weighted by molar-refractivity contribution is -0.184. The third-order valence-electron chi connectivity index (χ3n) is 9.26. The molecule has 1 N–H and O–H groups in total. The Morgan fingerprint density at radius 1 is 1.08 bits per heavy atom. The quantitative estimate of drug-likeness (QED) is 0.307. The summed E-state index contributed by atoms with van der Waals surface area (Å²) in [5, 5.41) is 2.75. The van der Waals surface area contributed by atoms with Crippen molar-refractivity contribution in [2.24, 2.45) is 23.7 Å². The third kappa shape index (κ3) is 4.22. The Kier molecular flexibility index (Phi) is 6.85. The Morgan fingerprint density at radius 3 is 2.47 bits per heavy atom. The Labute approximate surface area is 214 Å². The lowest BCUT2D eigenvalue weighted by Gasteiger charge is -2.51. The maximum Gasteiger partial charge on any atom is 0.408 e. The molecule has 3 aliphatic carbocycles. The monoisotopic (exact) mass is 511 g/mol. The topological polar surface area (TPSA) is 90.9 Å². The van der Waals surface area contributed by atoms with Crippen molar-refractivity contribution < 1.29 is 28.3 Å². The van der Waals surface area contributed by atoms with E-state index in [2.05, 4.69) is 38.2 Å². The van der Waals surface area contributed by atoms with Crippen molar-refractivity contribution in [2.45, 2.75) is 82.5 Å². The molecule has 2 bridgehead atoms. The average molecular weight is 512 g/mol. The van der Waals surface area contributed by atoms with Crippen LogP contribution >= 0.6 is 0 Å². The summed E-state index contributed by atoms with van der Waals surface area (Å²) in [5.41, 5.74) is -0.0383. The van der Waals surface area contributed by atoms with Gasteiger partial charge < -0.3 is 19.2 Å². The number of fused-ring (bicyclic) bond motifs is 6. The summed E-state index contributed by atoms with van der Waals surface area (Å²) in [6.45, 7) is 6.60. The van der Waals surface area contributed by atoms with Crippen LogP contribution in [0.4, 0.5) is 4.79 Å². The molecule has 1 aromatic carbocycles. The molecule has 2 saturated carbocycles. The van der Waals surface area contributed by atoms with E-state index >= 15 is 0 Å². The molecule has 3 fully saturated rings. The van der Waals surface area contributed by atoms with Gasteiger partial charge in [-0.1, -0.05) is 63.3 Å². The van der Waals surface area contributed by atoms with Gasteiger partial charge in [0, 0.05) is 24.7 Å². The van der Waals surface area contributed by atoms with E-state index in [-0.39, 0.29) is 42.5 Å². The van der Waals surface area contributed by atoms with Crippen LogP contribution in [-0.4, -0.2) is 43.9 Å². The van der Waals surface area contributed by atoms with Crippen LogP contribution in [0.5, 0.6) is 0 Å². The zero-order chi connectivity index (χ0) is 25.5. The number of allylic oxidation sites excluding steroid dienone is 2. The minimum atomic E-state index is -2.09. The number of carbonyl (C=O) groups excluding carboxylic acids is 3. The molecule has 36 heavy (non-hydrogen) atoms. The minimum Gasteiger partial charge on any atom is -0.454 e. The number of ketones is 1. The number of amides is 1. The Hall–Kier alpha value is -2.45. The van der Waals surface area contributed by atoms with E-state index < -0.39 is 38.1 Å². The number of hydrogen-bond acceptors (Lipinski definition) is 6. The Morgan fingerprint density at radius 2 is 1.78 bits per heavy atom. The summed E-state index contributed by atoms with van der Waals surface area (Å²) in [6, 6.07) is 11.4. The molecule has 1 amide bonds. The van der Waals surface area contributed by atoms with Gasteiger partial charge in [-0.25, -0.2) is 9.59 Å². The summed E-state index contributed by atoms with van der Waals surface area (Å²) in [7, 11) is -2.09. The van der Waals surface area contributed by atoms with Crippen LogP contribution in [0.1, 0.15) is 45.6 Å². The number of hydrogen-bond donors (Lipinski definition) is 1. The molecule has 1 spiro atoms. The molecule has 4 aliphatic rings. The highest BCUT2D eigenvalue weighted by Gasteiger charge is 2.69. The highest BCUT2D eigenvalue weighted by Crippen LogP contribution is 2.60. The normalized spacial score (nSPS) is 34.6. The first-order chi connectivity index (χ1) is 17.3. The predicted octanol–water partition coefficient (Wildman–Crippen LogP) is 4.77. The molecule has 7 atom stereocenters. The summed E-state index contributed by atoms with van der Waals surface area (Å²) >= 11 is 0. The van der Waals surface area contributed by atoms with Crippen LogP contribution in [-0.2, 0) is 30.1 Å². The SMILES string of the molecule is CC[Si](CC)(CC)O[C@H]1CC(=O)[C@H]2[C@H]([C@H]3C=C[C@@H]2C3)[C@@]12C[C@H](NC(=O)OCc1ccccc1)C(=O)O2. The van der Waals surface area contributed by atoms with Crippen molar-refractivity contribution in [3.05, 3.63) is 48.0 Å². The number of nitrogens with one attached hydrogen (secondary N) is 1. The Bertz CT molecular complexity index is 1030. The first kappa shape index (κ1) is 25.2. The molecule has 8 heteroatoms. The van der Waals surface area contributed by atoms with Gasteiger partial charge in [-0.05, 0) is 42.0 Å². The molecule has 0 radical (unpaired) electrons. The number of esters is 1. The summed E-state index contributed by atoms with van der Waals surface area (Å²) in [5.74, 6) is -0.0833. The van der Waals surface area contributed by atoms with Gasteiger partial charge in [-0.2, -0.15) is 0 Å². The smallest absolute Gasteiger partial charge is 0.408 e. The first-order valence-corrected chi connectivity index (χ1v) is 16.0. The molecule has 1 aromatic rings. The fourth-order valence-electron chi connectivity index (χ4n) is 7.20. The molecule has 194 valence electrons. The van der Waals surface area contributed by atoms with Crippen LogP contribution < -0.4 is 5.32 Å². The zero-order valence-corrected chi connectivity index (χ0v) is 22.4. The van der Waals surface area contributed by atoms with E-state index in [1.807, 2.05) is 30.3 Å². The molecule has 5 rings (SSSR count). The van der Waals surface area contributed by atoms with E-state index in [1.54, 1.807) is 0 Å². The molecule has 0 unspecified atom stereocenters.